The molecule has 1 saturated heterocycles. The number of halogens is 2. The molecule has 0 aliphatic carbocycles. The second kappa shape index (κ2) is 8.76. The predicted octanol–water partition coefficient (Wildman–Crippen LogP) is 3.28. The number of piperazine rings is 1. The summed E-state index contributed by atoms with van der Waals surface area (Å²) in [7, 11) is -3.54. The van der Waals surface area contributed by atoms with E-state index < -0.39 is 21.7 Å². The van der Waals surface area contributed by atoms with E-state index in [1.807, 2.05) is 30.3 Å². The van der Waals surface area contributed by atoms with Gasteiger partial charge in [-0.1, -0.05) is 30.3 Å². The lowest BCUT2D eigenvalue weighted by atomic mass is 10.2. The van der Waals surface area contributed by atoms with E-state index in [-0.39, 0.29) is 23.9 Å². The molecule has 148 valence electrons. The Morgan fingerprint density at radius 2 is 1.71 bits per heavy atom. The van der Waals surface area contributed by atoms with Gasteiger partial charge in [0, 0.05) is 37.7 Å². The molecule has 5 nitrogen and oxygen atoms in total. The molecule has 0 saturated carbocycles. The van der Waals surface area contributed by atoms with Crippen LogP contribution in [0.5, 0.6) is 0 Å². The van der Waals surface area contributed by atoms with Crippen LogP contribution in [0.15, 0.2) is 53.9 Å². The van der Waals surface area contributed by atoms with E-state index in [0.717, 1.165) is 17.7 Å². The van der Waals surface area contributed by atoms with Crippen LogP contribution in [0.3, 0.4) is 0 Å². The molecule has 1 heterocycles. The van der Waals surface area contributed by atoms with Crippen molar-refractivity contribution < 1.29 is 17.2 Å². The Morgan fingerprint density at radius 3 is 2.36 bits per heavy atom. The fourth-order valence-electron chi connectivity index (χ4n) is 2.75. The van der Waals surface area contributed by atoms with E-state index in [4.69, 9.17) is 12.2 Å². The van der Waals surface area contributed by atoms with Crippen LogP contribution in [0, 0.1) is 11.6 Å². The maximum Gasteiger partial charge on any atom is 0.236 e. The van der Waals surface area contributed by atoms with Gasteiger partial charge in [-0.15, -0.1) is 0 Å². The topological polar surface area (TPSA) is 52.7 Å². The second-order valence-electron chi connectivity index (χ2n) is 6.20. The summed E-state index contributed by atoms with van der Waals surface area (Å²) in [6, 6.07) is 12.4. The summed E-state index contributed by atoms with van der Waals surface area (Å²) in [5, 5.41) is 4.20. The third-order valence-electron chi connectivity index (χ3n) is 4.29. The van der Waals surface area contributed by atoms with E-state index >= 15 is 0 Å². The summed E-state index contributed by atoms with van der Waals surface area (Å²) in [4.78, 5) is 1.76. The maximum absolute atomic E-state index is 13.7. The lowest BCUT2D eigenvalue weighted by molar-refractivity contribution is 0.270. The number of hydrogen-bond donors (Lipinski definition) is 1. The Labute approximate surface area is 168 Å². The SMILES string of the molecule is O=S(=O)(/C=C/c1ccccc1)N1CCN(C(=S)Nc2ccc(F)cc2F)CC1. The fraction of sp³-hybridized carbons (Fsp3) is 0.211. The molecule has 0 amide bonds. The first kappa shape index (κ1) is 20.4. The molecule has 9 heteroatoms. The van der Waals surface area contributed by atoms with Crippen LogP contribution in [0.4, 0.5) is 14.5 Å². The van der Waals surface area contributed by atoms with Crippen LogP contribution in [-0.4, -0.2) is 48.9 Å². The third-order valence-corrected chi connectivity index (χ3v) is 6.22. The molecule has 28 heavy (non-hydrogen) atoms. The van der Waals surface area contributed by atoms with Crippen LogP contribution in [-0.2, 0) is 10.0 Å². The molecule has 0 bridgehead atoms. The largest absolute Gasteiger partial charge is 0.346 e. The quantitative estimate of drug-likeness (QED) is 0.765. The minimum Gasteiger partial charge on any atom is -0.346 e. The molecule has 0 aromatic heterocycles. The Balaban J connectivity index is 1.57. The molecule has 1 aliphatic rings. The van der Waals surface area contributed by atoms with Crippen molar-refractivity contribution in [3.05, 3.63) is 71.1 Å². The molecule has 0 atom stereocenters. The lowest BCUT2D eigenvalue weighted by Crippen LogP contribution is -2.51. The molecule has 1 N–H and O–H groups in total. The monoisotopic (exact) mass is 423 g/mol. The smallest absolute Gasteiger partial charge is 0.236 e. The normalized spacial score (nSPS) is 15.7. The predicted molar refractivity (Wildman–Crippen MR) is 110 cm³/mol. The zero-order valence-electron chi connectivity index (χ0n) is 14.9. The number of nitrogens with zero attached hydrogens (tertiary/aromatic N) is 2. The highest BCUT2D eigenvalue weighted by Crippen LogP contribution is 2.17. The number of rotatable bonds is 4. The minimum absolute atomic E-state index is 0.0762. The van der Waals surface area contributed by atoms with Gasteiger partial charge in [-0.3, -0.25) is 0 Å². The van der Waals surface area contributed by atoms with Crippen LogP contribution >= 0.6 is 12.2 Å². The zero-order chi connectivity index (χ0) is 20.1. The van der Waals surface area contributed by atoms with Gasteiger partial charge in [-0.05, 0) is 36.0 Å². The number of nitrogens with one attached hydrogen (secondary N) is 1. The zero-order valence-corrected chi connectivity index (χ0v) is 16.5. The summed E-state index contributed by atoms with van der Waals surface area (Å²) in [6.07, 6.45) is 1.56. The molecule has 2 aromatic carbocycles. The number of sulfonamides is 1. The fourth-order valence-corrected chi connectivity index (χ4v) is 4.21. The van der Waals surface area contributed by atoms with Crippen molar-refractivity contribution in [1.82, 2.24) is 9.21 Å². The first-order valence-corrected chi connectivity index (χ1v) is 10.5. The Hall–Kier alpha value is -2.36. The molecular weight excluding hydrogens is 404 g/mol. The van der Waals surface area contributed by atoms with Crippen molar-refractivity contribution in [2.75, 3.05) is 31.5 Å². The first-order chi connectivity index (χ1) is 13.3. The van der Waals surface area contributed by atoms with Gasteiger partial charge in [0.25, 0.3) is 0 Å². The minimum atomic E-state index is -3.54. The molecule has 1 aliphatic heterocycles. The highest BCUT2D eigenvalue weighted by atomic mass is 32.2. The van der Waals surface area contributed by atoms with E-state index in [1.165, 1.54) is 15.8 Å². The summed E-state index contributed by atoms with van der Waals surface area (Å²) >= 11 is 5.27. The number of hydrogen-bond acceptors (Lipinski definition) is 3. The molecular formula is C19H19F2N3O2S2. The van der Waals surface area contributed by atoms with E-state index in [0.29, 0.717) is 13.1 Å². The van der Waals surface area contributed by atoms with Gasteiger partial charge in [0.1, 0.15) is 11.6 Å². The molecule has 1 fully saturated rings. The van der Waals surface area contributed by atoms with Crippen LogP contribution < -0.4 is 5.32 Å². The molecule has 3 rings (SSSR count). The van der Waals surface area contributed by atoms with Gasteiger partial charge in [0.2, 0.25) is 10.0 Å². The van der Waals surface area contributed by atoms with Gasteiger partial charge in [0.05, 0.1) is 5.69 Å². The lowest BCUT2D eigenvalue weighted by Gasteiger charge is -2.35. The van der Waals surface area contributed by atoms with Gasteiger partial charge < -0.3 is 10.2 Å². The van der Waals surface area contributed by atoms with E-state index in [1.54, 1.807) is 11.0 Å². The summed E-state index contributed by atoms with van der Waals surface area (Å²) in [5.41, 5.74) is 0.878. The summed E-state index contributed by atoms with van der Waals surface area (Å²) in [6.45, 7) is 1.25. The van der Waals surface area contributed by atoms with E-state index in [2.05, 4.69) is 5.32 Å². The van der Waals surface area contributed by atoms with Crippen molar-refractivity contribution in [2.24, 2.45) is 0 Å². The molecule has 2 aromatic rings. The van der Waals surface area contributed by atoms with Crippen molar-refractivity contribution in [1.29, 1.82) is 0 Å². The van der Waals surface area contributed by atoms with Gasteiger partial charge >= 0.3 is 0 Å². The third kappa shape index (κ3) is 5.12. The van der Waals surface area contributed by atoms with E-state index in [9.17, 15) is 17.2 Å². The van der Waals surface area contributed by atoms with Gasteiger partial charge in [0.15, 0.2) is 5.11 Å². The van der Waals surface area contributed by atoms with Crippen LogP contribution in [0.1, 0.15) is 5.56 Å². The van der Waals surface area contributed by atoms with Crippen LogP contribution in [0.25, 0.3) is 6.08 Å². The first-order valence-electron chi connectivity index (χ1n) is 8.59. The van der Waals surface area contributed by atoms with Crippen LogP contribution in [0.2, 0.25) is 0 Å². The molecule has 0 radical (unpaired) electrons. The maximum atomic E-state index is 13.7. The number of anilines is 1. The Morgan fingerprint density at radius 1 is 1.04 bits per heavy atom. The van der Waals surface area contributed by atoms with Crippen molar-refractivity contribution in [2.45, 2.75) is 0 Å². The van der Waals surface area contributed by atoms with Crippen molar-refractivity contribution >= 4 is 39.1 Å². The Bertz CT molecular complexity index is 974. The average molecular weight is 424 g/mol. The number of thiocarbonyl (C=S) groups is 1. The van der Waals surface area contributed by atoms with Crippen molar-refractivity contribution in [3.8, 4) is 0 Å². The highest BCUT2D eigenvalue weighted by molar-refractivity contribution is 7.92. The summed E-state index contributed by atoms with van der Waals surface area (Å²) < 4.78 is 53.1. The standard InChI is InChI=1S/C19H19F2N3O2S2/c20-16-6-7-18(17(21)14-16)22-19(27)23-9-11-24(12-10-23)28(25,26)13-8-15-4-2-1-3-5-15/h1-8,13-14H,9-12H2,(H,22,27)/b13-8+. The average Bonchev–Trinajstić information content (AvgIpc) is 2.69. The summed E-state index contributed by atoms with van der Waals surface area (Å²) in [5.74, 6) is -1.41. The Kier molecular flexibility index (Phi) is 6.38. The highest BCUT2D eigenvalue weighted by Gasteiger charge is 2.26. The van der Waals surface area contributed by atoms with Crippen molar-refractivity contribution in [3.63, 3.8) is 0 Å². The number of benzene rings is 2. The van der Waals surface area contributed by atoms with Gasteiger partial charge in [-0.25, -0.2) is 17.2 Å². The van der Waals surface area contributed by atoms with Gasteiger partial charge in [-0.2, -0.15) is 4.31 Å². The second-order valence-corrected chi connectivity index (χ2v) is 8.40. The molecule has 0 spiro atoms. The molecule has 0 unspecified atom stereocenters.